The number of benzene rings is 1. The molecule has 26 heavy (non-hydrogen) atoms. The molecule has 0 radical (unpaired) electrons. The second-order valence-electron chi connectivity index (χ2n) is 6.93. The fourth-order valence-electron chi connectivity index (χ4n) is 3.76. The summed E-state index contributed by atoms with van der Waals surface area (Å²) >= 11 is 0. The summed E-state index contributed by atoms with van der Waals surface area (Å²) in [5, 5.41) is 3.23. The lowest BCUT2D eigenvalue weighted by atomic mass is 9.97. The summed E-state index contributed by atoms with van der Waals surface area (Å²) in [4.78, 5) is 17.2. The summed E-state index contributed by atoms with van der Waals surface area (Å²) < 4.78 is 5.81. The predicted octanol–water partition coefficient (Wildman–Crippen LogP) is 2.19. The molecule has 2 unspecified atom stereocenters. The van der Waals surface area contributed by atoms with Crippen LogP contribution in [0.25, 0.3) is 0 Å². The first-order valence-corrected chi connectivity index (χ1v) is 9.07. The first kappa shape index (κ1) is 23.2. The Hall–Kier alpha value is -0.850. The quantitative estimate of drug-likeness (QED) is 0.817. The lowest BCUT2D eigenvalue weighted by molar-refractivity contribution is -0.151. The van der Waals surface area contributed by atoms with Crippen molar-refractivity contribution in [3.05, 3.63) is 35.9 Å². The fourth-order valence-corrected chi connectivity index (χ4v) is 3.76. The summed E-state index contributed by atoms with van der Waals surface area (Å²) in [5.41, 5.74) is 1.29. The maximum Gasteiger partial charge on any atom is 0.253 e. The van der Waals surface area contributed by atoms with Crippen molar-refractivity contribution in [1.82, 2.24) is 15.1 Å². The van der Waals surface area contributed by atoms with Crippen molar-refractivity contribution < 1.29 is 9.53 Å². The van der Waals surface area contributed by atoms with Crippen molar-refractivity contribution in [3.63, 3.8) is 0 Å². The van der Waals surface area contributed by atoms with Gasteiger partial charge in [-0.3, -0.25) is 9.69 Å². The summed E-state index contributed by atoms with van der Waals surface area (Å²) in [6.07, 6.45) is 1.99. The molecule has 0 bridgehead atoms. The molecule has 2 saturated heterocycles. The number of nitrogens with one attached hydrogen (secondary N) is 1. The van der Waals surface area contributed by atoms with Crippen molar-refractivity contribution in [2.75, 3.05) is 46.4 Å². The smallest absolute Gasteiger partial charge is 0.253 e. The highest BCUT2D eigenvalue weighted by atomic mass is 35.5. The monoisotopic (exact) mass is 403 g/mol. The number of piperidine rings is 1. The molecule has 0 aliphatic carbocycles. The number of hydrogen-bond donors (Lipinski definition) is 1. The summed E-state index contributed by atoms with van der Waals surface area (Å²) in [5.74, 6) is 0.741. The minimum Gasteiger partial charge on any atom is -0.366 e. The van der Waals surface area contributed by atoms with Crippen molar-refractivity contribution in [2.45, 2.75) is 25.5 Å². The third-order valence-electron chi connectivity index (χ3n) is 5.00. The standard InChI is InChI=1S/C19H29N3O2.2ClH/c1-20-12-17-8-5-9-22(14-17)19(23)18-15-21(10-11-24-18)13-16-6-3-2-4-7-16;;/h2-4,6-7,17-18,20H,5,8-15H2,1H3;2*1H. The first-order chi connectivity index (χ1) is 11.8. The van der Waals surface area contributed by atoms with Gasteiger partial charge in [-0.15, -0.1) is 24.8 Å². The average Bonchev–Trinajstić information content (AvgIpc) is 2.63. The van der Waals surface area contributed by atoms with Crippen LogP contribution in [-0.2, 0) is 16.1 Å². The highest BCUT2D eigenvalue weighted by molar-refractivity contribution is 5.85. The molecule has 2 heterocycles. The third kappa shape index (κ3) is 6.39. The van der Waals surface area contributed by atoms with Gasteiger partial charge in [0.15, 0.2) is 0 Å². The van der Waals surface area contributed by atoms with E-state index in [0.717, 1.165) is 39.1 Å². The number of rotatable bonds is 5. The molecule has 7 heteroatoms. The van der Waals surface area contributed by atoms with E-state index in [4.69, 9.17) is 4.74 Å². The van der Waals surface area contributed by atoms with Crippen LogP contribution in [0.2, 0.25) is 0 Å². The molecule has 1 aromatic rings. The lowest BCUT2D eigenvalue weighted by Crippen LogP contribution is -2.53. The van der Waals surface area contributed by atoms with Crippen LogP contribution in [0, 0.1) is 5.92 Å². The van der Waals surface area contributed by atoms with Crippen LogP contribution in [0.15, 0.2) is 30.3 Å². The number of carbonyl (C=O) groups excluding carboxylic acids is 1. The predicted molar refractivity (Wildman–Crippen MR) is 109 cm³/mol. The van der Waals surface area contributed by atoms with Crippen molar-refractivity contribution in [1.29, 1.82) is 0 Å². The first-order valence-electron chi connectivity index (χ1n) is 9.07. The van der Waals surface area contributed by atoms with Gasteiger partial charge in [-0.2, -0.15) is 0 Å². The molecule has 2 fully saturated rings. The Morgan fingerprint density at radius 1 is 1.19 bits per heavy atom. The van der Waals surface area contributed by atoms with E-state index < -0.39 is 0 Å². The molecule has 0 spiro atoms. The van der Waals surface area contributed by atoms with E-state index in [-0.39, 0.29) is 36.8 Å². The van der Waals surface area contributed by atoms with Gasteiger partial charge >= 0.3 is 0 Å². The molecule has 0 aromatic heterocycles. The van der Waals surface area contributed by atoms with E-state index in [9.17, 15) is 4.79 Å². The van der Waals surface area contributed by atoms with Gasteiger partial charge in [0.1, 0.15) is 6.10 Å². The topological polar surface area (TPSA) is 44.8 Å². The number of amides is 1. The van der Waals surface area contributed by atoms with Gasteiger partial charge < -0.3 is 15.0 Å². The maximum absolute atomic E-state index is 12.9. The van der Waals surface area contributed by atoms with E-state index in [1.165, 1.54) is 12.0 Å². The molecule has 2 aliphatic rings. The average molecular weight is 404 g/mol. The Bertz CT molecular complexity index is 531. The third-order valence-corrected chi connectivity index (χ3v) is 5.00. The Labute approximate surface area is 169 Å². The molecule has 2 atom stereocenters. The van der Waals surface area contributed by atoms with E-state index in [0.29, 0.717) is 19.1 Å². The Morgan fingerprint density at radius 2 is 1.96 bits per heavy atom. The SMILES string of the molecule is CNCC1CCCN(C(=O)C2CN(Cc3ccccc3)CCO2)C1.Cl.Cl. The molecule has 1 amide bonds. The van der Waals surface area contributed by atoms with Crippen LogP contribution >= 0.6 is 24.8 Å². The Morgan fingerprint density at radius 3 is 2.69 bits per heavy atom. The molecule has 148 valence electrons. The zero-order chi connectivity index (χ0) is 16.8. The van der Waals surface area contributed by atoms with E-state index >= 15 is 0 Å². The minimum absolute atomic E-state index is 0. The molecular weight excluding hydrogens is 373 g/mol. The highest BCUT2D eigenvalue weighted by Crippen LogP contribution is 2.19. The van der Waals surface area contributed by atoms with Crippen molar-refractivity contribution >= 4 is 30.7 Å². The Balaban J connectivity index is 0.00000169. The van der Waals surface area contributed by atoms with Gasteiger partial charge in [0.25, 0.3) is 5.91 Å². The summed E-state index contributed by atoms with van der Waals surface area (Å²) in [6.45, 7) is 5.82. The minimum atomic E-state index is -0.309. The number of ether oxygens (including phenoxy) is 1. The zero-order valence-corrected chi connectivity index (χ0v) is 17.1. The molecule has 1 N–H and O–H groups in total. The van der Waals surface area contributed by atoms with Crippen LogP contribution in [0.5, 0.6) is 0 Å². The number of likely N-dealkylation sites (tertiary alicyclic amines) is 1. The molecule has 3 rings (SSSR count). The van der Waals surface area contributed by atoms with Gasteiger partial charge in [-0.05, 0) is 37.9 Å². The highest BCUT2D eigenvalue weighted by Gasteiger charge is 2.32. The van der Waals surface area contributed by atoms with Crippen LogP contribution in [-0.4, -0.2) is 68.2 Å². The largest absolute Gasteiger partial charge is 0.366 e. The van der Waals surface area contributed by atoms with Crippen LogP contribution in [0.3, 0.4) is 0 Å². The van der Waals surface area contributed by atoms with E-state index in [1.807, 2.05) is 18.0 Å². The zero-order valence-electron chi connectivity index (χ0n) is 15.4. The second-order valence-corrected chi connectivity index (χ2v) is 6.93. The van der Waals surface area contributed by atoms with Gasteiger partial charge in [-0.1, -0.05) is 30.3 Å². The number of hydrogen-bond acceptors (Lipinski definition) is 4. The summed E-state index contributed by atoms with van der Waals surface area (Å²) in [7, 11) is 1.98. The molecule has 2 aliphatic heterocycles. The maximum atomic E-state index is 12.9. The normalized spacial score (nSPS) is 23.7. The van der Waals surface area contributed by atoms with Crippen molar-refractivity contribution in [3.8, 4) is 0 Å². The molecule has 0 saturated carbocycles. The number of nitrogens with zero attached hydrogens (tertiary/aromatic N) is 2. The van der Waals surface area contributed by atoms with Gasteiger partial charge in [0.2, 0.25) is 0 Å². The van der Waals surface area contributed by atoms with Crippen LogP contribution < -0.4 is 5.32 Å². The lowest BCUT2D eigenvalue weighted by Gasteiger charge is -2.38. The second kappa shape index (κ2) is 11.8. The number of carbonyl (C=O) groups is 1. The van der Waals surface area contributed by atoms with Crippen molar-refractivity contribution in [2.24, 2.45) is 5.92 Å². The van der Waals surface area contributed by atoms with E-state index in [2.05, 4.69) is 34.5 Å². The molecular formula is C19H31Cl2N3O2. The van der Waals surface area contributed by atoms with E-state index in [1.54, 1.807) is 0 Å². The van der Waals surface area contributed by atoms with Crippen LogP contribution in [0.4, 0.5) is 0 Å². The number of morpholine rings is 1. The Kier molecular flexibility index (Phi) is 10.5. The van der Waals surface area contributed by atoms with Crippen LogP contribution in [0.1, 0.15) is 18.4 Å². The fraction of sp³-hybridized carbons (Fsp3) is 0.632. The number of halogens is 2. The molecule has 1 aromatic carbocycles. The summed E-state index contributed by atoms with van der Waals surface area (Å²) in [6, 6.07) is 10.4. The van der Waals surface area contributed by atoms with Gasteiger partial charge in [0, 0.05) is 32.7 Å². The molecule has 5 nitrogen and oxygen atoms in total. The van der Waals surface area contributed by atoms with Gasteiger partial charge in [-0.25, -0.2) is 0 Å². The van der Waals surface area contributed by atoms with Gasteiger partial charge in [0.05, 0.1) is 6.61 Å².